The van der Waals surface area contributed by atoms with E-state index in [2.05, 4.69) is 19.2 Å². The second-order valence-corrected chi connectivity index (χ2v) is 7.49. The highest BCUT2D eigenvalue weighted by molar-refractivity contribution is 6.30. The van der Waals surface area contributed by atoms with Gasteiger partial charge in [-0.1, -0.05) is 55.6 Å². The van der Waals surface area contributed by atoms with Crippen LogP contribution in [0.1, 0.15) is 38.7 Å². The van der Waals surface area contributed by atoms with Crippen molar-refractivity contribution in [2.45, 2.75) is 38.6 Å². The van der Waals surface area contributed by atoms with E-state index in [1.54, 1.807) is 12.1 Å². The molecule has 0 radical (unpaired) electrons. The van der Waals surface area contributed by atoms with Crippen LogP contribution in [-0.2, 0) is 4.79 Å². The van der Waals surface area contributed by atoms with Crippen molar-refractivity contribution in [3.8, 4) is 0 Å². The third kappa shape index (κ3) is 4.47. The fourth-order valence-electron chi connectivity index (χ4n) is 3.26. The number of nitrogens with one attached hydrogen (secondary N) is 1. The van der Waals surface area contributed by atoms with Crippen molar-refractivity contribution in [3.05, 3.63) is 64.1 Å². The van der Waals surface area contributed by atoms with Crippen molar-refractivity contribution in [1.82, 2.24) is 0 Å². The van der Waals surface area contributed by atoms with E-state index < -0.39 is 11.4 Å². The van der Waals surface area contributed by atoms with Gasteiger partial charge in [0.25, 0.3) is 0 Å². The Labute approximate surface area is 159 Å². The Morgan fingerprint density at radius 3 is 2.00 bits per heavy atom. The van der Waals surface area contributed by atoms with Gasteiger partial charge in [0.2, 0.25) is 5.91 Å². The Balaban J connectivity index is 2.48. The quantitative estimate of drug-likeness (QED) is 0.669. The lowest BCUT2D eigenvalue weighted by Gasteiger charge is -2.40. The summed E-state index contributed by atoms with van der Waals surface area (Å²) in [6.07, 6.45) is 0.915. The molecule has 0 heterocycles. The van der Waals surface area contributed by atoms with Crippen molar-refractivity contribution < 1.29 is 4.79 Å². The monoisotopic (exact) mass is 378 g/mol. The van der Waals surface area contributed by atoms with Gasteiger partial charge in [-0.15, -0.1) is 0 Å². The summed E-state index contributed by atoms with van der Waals surface area (Å²) in [6.45, 7) is 6.09. The molecule has 0 saturated heterocycles. The van der Waals surface area contributed by atoms with E-state index in [1.807, 2.05) is 43.3 Å². The molecule has 5 heteroatoms. The molecule has 0 aliphatic heterocycles. The third-order valence-corrected chi connectivity index (χ3v) is 5.33. The molecular weight excluding hydrogens is 355 g/mol. The van der Waals surface area contributed by atoms with Crippen molar-refractivity contribution >= 4 is 34.8 Å². The molecule has 3 atom stereocenters. The highest BCUT2D eigenvalue weighted by atomic mass is 35.5. The minimum absolute atomic E-state index is 0.108. The minimum atomic E-state index is -0.961. The van der Waals surface area contributed by atoms with Crippen LogP contribution in [0.15, 0.2) is 48.5 Å². The predicted molar refractivity (Wildman–Crippen MR) is 106 cm³/mol. The molecule has 2 rings (SSSR count). The molecule has 2 aromatic rings. The van der Waals surface area contributed by atoms with Crippen LogP contribution < -0.4 is 11.1 Å². The lowest BCUT2D eigenvalue weighted by Crippen LogP contribution is -2.54. The first-order valence-corrected chi connectivity index (χ1v) is 9.12. The summed E-state index contributed by atoms with van der Waals surface area (Å²) in [7, 11) is 0. The summed E-state index contributed by atoms with van der Waals surface area (Å²) in [6, 6.07) is 14.9. The zero-order valence-electron chi connectivity index (χ0n) is 14.7. The Bertz CT molecular complexity index is 715. The number of benzene rings is 2. The van der Waals surface area contributed by atoms with Crippen LogP contribution in [0.2, 0.25) is 10.0 Å². The van der Waals surface area contributed by atoms with E-state index in [4.69, 9.17) is 28.9 Å². The van der Waals surface area contributed by atoms with Crippen LogP contribution in [0, 0.1) is 5.92 Å². The van der Waals surface area contributed by atoms with Crippen LogP contribution >= 0.6 is 23.2 Å². The molecule has 0 saturated carbocycles. The Morgan fingerprint density at radius 1 is 1.08 bits per heavy atom. The summed E-state index contributed by atoms with van der Waals surface area (Å²) in [5, 5.41) is 4.65. The van der Waals surface area contributed by atoms with Crippen molar-refractivity contribution in [3.63, 3.8) is 0 Å². The van der Waals surface area contributed by atoms with Crippen molar-refractivity contribution in [1.29, 1.82) is 0 Å². The Kier molecular flexibility index (Phi) is 6.36. The van der Waals surface area contributed by atoms with Gasteiger partial charge in [-0.05, 0) is 54.8 Å². The second-order valence-electron chi connectivity index (χ2n) is 6.61. The molecule has 134 valence electrons. The zero-order valence-corrected chi connectivity index (χ0v) is 16.2. The molecule has 3 nitrogen and oxygen atoms in total. The molecule has 1 amide bonds. The molecule has 0 fully saturated rings. The first kappa shape index (κ1) is 19.6. The van der Waals surface area contributed by atoms with Gasteiger partial charge in [-0.25, -0.2) is 0 Å². The second kappa shape index (κ2) is 8.11. The summed E-state index contributed by atoms with van der Waals surface area (Å²) in [5.41, 5.74) is 6.72. The van der Waals surface area contributed by atoms with E-state index >= 15 is 0 Å². The molecule has 0 spiro atoms. The molecule has 25 heavy (non-hydrogen) atoms. The maximum Gasteiger partial charge on any atom is 0.243 e. The number of halogens is 2. The van der Waals surface area contributed by atoms with E-state index in [9.17, 15) is 4.79 Å². The highest BCUT2D eigenvalue weighted by Gasteiger charge is 2.43. The number of carbonyl (C=O) groups is 1. The molecule has 0 aliphatic carbocycles. The standard InChI is InChI=1S/C20H24Cl2N2O/c1-4-13(2)18(14-5-7-15(21)8-6-14)20(3,19(23)25)24-17-11-9-16(22)10-12-17/h5-13,18,24H,4H2,1-3H3,(H2,23,25). The number of hydrogen-bond acceptors (Lipinski definition) is 2. The van der Waals surface area contributed by atoms with Crippen LogP contribution in [0.4, 0.5) is 5.69 Å². The Morgan fingerprint density at radius 2 is 1.56 bits per heavy atom. The lowest BCUT2D eigenvalue weighted by molar-refractivity contribution is -0.123. The van der Waals surface area contributed by atoms with Gasteiger partial charge in [0.05, 0.1) is 0 Å². The molecule has 0 bridgehead atoms. The Hall–Kier alpha value is -1.71. The van der Waals surface area contributed by atoms with Gasteiger partial charge in [-0.3, -0.25) is 4.79 Å². The molecule has 2 aromatic carbocycles. The maximum atomic E-state index is 12.5. The number of nitrogens with two attached hydrogens (primary N) is 1. The fraction of sp³-hybridized carbons (Fsp3) is 0.350. The number of carbonyl (C=O) groups excluding carboxylic acids is 1. The number of rotatable bonds is 7. The maximum absolute atomic E-state index is 12.5. The molecule has 3 unspecified atom stereocenters. The first-order chi connectivity index (χ1) is 11.8. The van der Waals surface area contributed by atoms with Gasteiger partial charge in [0.1, 0.15) is 5.54 Å². The lowest BCUT2D eigenvalue weighted by atomic mass is 9.71. The van der Waals surface area contributed by atoms with Crippen LogP contribution in [-0.4, -0.2) is 11.4 Å². The molecular formula is C20H24Cl2N2O. The smallest absolute Gasteiger partial charge is 0.243 e. The van der Waals surface area contributed by atoms with E-state index in [0.717, 1.165) is 17.7 Å². The minimum Gasteiger partial charge on any atom is -0.371 e. The van der Waals surface area contributed by atoms with Gasteiger partial charge in [0, 0.05) is 21.7 Å². The number of anilines is 1. The van der Waals surface area contributed by atoms with Gasteiger partial charge >= 0.3 is 0 Å². The topological polar surface area (TPSA) is 55.1 Å². The summed E-state index contributed by atoms with van der Waals surface area (Å²) in [5.74, 6) is -0.274. The van der Waals surface area contributed by atoms with Crippen LogP contribution in [0.3, 0.4) is 0 Å². The third-order valence-electron chi connectivity index (χ3n) is 4.82. The van der Waals surface area contributed by atoms with Gasteiger partial charge in [-0.2, -0.15) is 0 Å². The largest absolute Gasteiger partial charge is 0.371 e. The summed E-state index contributed by atoms with van der Waals surface area (Å²) in [4.78, 5) is 12.5. The average molecular weight is 379 g/mol. The SMILES string of the molecule is CCC(C)C(c1ccc(Cl)cc1)C(C)(Nc1ccc(Cl)cc1)C(N)=O. The zero-order chi connectivity index (χ0) is 18.6. The summed E-state index contributed by atoms with van der Waals surface area (Å²) < 4.78 is 0. The van der Waals surface area contributed by atoms with E-state index in [0.29, 0.717) is 10.0 Å². The number of primary amides is 1. The number of hydrogen-bond donors (Lipinski definition) is 2. The first-order valence-electron chi connectivity index (χ1n) is 8.37. The van der Waals surface area contributed by atoms with E-state index in [1.165, 1.54) is 0 Å². The normalized spacial score (nSPS) is 15.9. The number of amides is 1. The van der Waals surface area contributed by atoms with Crippen LogP contribution in [0.5, 0.6) is 0 Å². The average Bonchev–Trinajstić information content (AvgIpc) is 2.58. The van der Waals surface area contributed by atoms with E-state index in [-0.39, 0.29) is 11.8 Å². The molecule has 0 aliphatic rings. The van der Waals surface area contributed by atoms with Gasteiger partial charge < -0.3 is 11.1 Å². The highest BCUT2D eigenvalue weighted by Crippen LogP contribution is 2.39. The van der Waals surface area contributed by atoms with Crippen LogP contribution in [0.25, 0.3) is 0 Å². The molecule has 3 N–H and O–H groups in total. The summed E-state index contributed by atoms with van der Waals surface area (Å²) >= 11 is 12.0. The molecule has 0 aromatic heterocycles. The predicted octanol–water partition coefficient (Wildman–Crippen LogP) is 5.48. The van der Waals surface area contributed by atoms with Crippen molar-refractivity contribution in [2.24, 2.45) is 11.7 Å². The van der Waals surface area contributed by atoms with Gasteiger partial charge in [0.15, 0.2) is 0 Å². The van der Waals surface area contributed by atoms with Crippen molar-refractivity contribution in [2.75, 3.05) is 5.32 Å². The fourth-order valence-corrected chi connectivity index (χ4v) is 3.51.